The average molecular weight is 237 g/mol. The van der Waals surface area contributed by atoms with Crippen molar-refractivity contribution >= 4 is 17.7 Å². The second kappa shape index (κ2) is 5.37. The van der Waals surface area contributed by atoms with Gasteiger partial charge in [-0.25, -0.2) is 4.79 Å². The monoisotopic (exact) mass is 237 g/mol. The van der Waals surface area contributed by atoms with Gasteiger partial charge in [0.05, 0.1) is 5.56 Å². The molecule has 0 amide bonds. The standard InChI is InChI=1S/C12H15NO2S/c14-12(15)10-3-1-9(2-4-10)7-13-11-5-6-16-8-11/h1-4,11,13H,5-8H2,(H,14,15). The highest BCUT2D eigenvalue weighted by Crippen LogP contribution is 2.17. The molecule has 2 N–H and O–H groups in total. The molecule has 1 heterocycles. The van der Waals surface area contributed by atoms with Crippen LogP contribution in [0.4, 0.5) is 0 Å². The molecule has 0 saturated carbocycles. The molecule has 16 heavy (non-hydrogen) atoms. The van der Waals surface area contributed by atoms with Crippen molar-refractivity contribution in [3.63, 3.8) is 0 Å². The van der Waals surface area contributed by atoms with Crippen LogP contribution in [0.25, 0.3) is 0 Å². The van der Waals surface area contributed by atoms with Crippen molar-refractivity contribution in [1.29, 1.82) is 0 Å². The predicted octanol–water partition coefficient (Wildman–Crippen LogP) is 1.98. The molecule has 1 fully saturated rings. The summed E-state index contributed by atoms with van der Waals surface area (Å²) < 4.78 is 0. The van der Waals surface area contributed by atoms with Crippen molar-refractivity contribution in [2.45, 2.75) is 19.0 Å². The van der Waals surface area contributed by atoms with Crippen LogP contribution < -0.4 is 5.32 Å². The van der Waals surface area contributed by atoms with Crippen molar-refractivity contribution < 1.29 is 9.90 Å². The molecule has 0 bridgehead atoms. The SMILES string of the molecule is O=C(O)c1ccc(CNC2CCSC2)cc1. The van der Waals surface area contributed by atoms with Crippen molar-refractivity contribution in [2.24, 2.45) is 0 Å². The zero-order valence-corrected chi connectivity index (χ0v) is 9.80. The molecule has 0 aromatic heterocycles. The maximum Gasteiger partial charge on any atom is 0.335 e. The molecule has 1 aliphatic rings. The highest BCUT2D eigenvalue weighted by Gasteiger charge is 2.14. The summed E-state index contributed by atoms with van der Waals surface area (Å²) in [5.74, 6) is 1.56. The quantitative estimate of drug-likeness (QED) is 0.840. The highest BCUT2D eigenvalue weighted by atomic mass is 32.2. The molecular formula is C12H15NO2S. The first-order chi connectivity index (χ1) is 7.75. The number of carboxylic acids is 1. The van der Waals surface area contributed by atoms with E-state index in [2.05, 4.69) is 5.32 Å². The molecule has 1 unspecified atom stereocenters. The van der Waals surface area contributed by atoms with Gasteiger partial charge in [0.25, 0.3) is 0 Å². The Bertz CT molecular complexity index is 358. The fourth-order valence-corrected chi connectivity index (χ4v) is 2.91. The lowest BCUT2D eigenvalue weighted by molar-refractivity contribution is 0.0697. The normalized spacial score (nSPS) is 19.9. The first kappa shape index (κ1) is 11.5. The molecule has 1 atom stereocenters. The predicted molar refractivity (Wildman–Crippen MR) is 66.0 cm³/mol. The van der Waals surface area contributed by atoms with Gasteiger partial charge in [0.2, 0.25) is 0 Å². The third-order valence-electron chi connectivity index (χ3n) is 2.73. The van der Waals surface area contributed by atoms with Crippen LogP contribution in [0.1, 0.15) is 22.3 Å². The van der Waals surface area contributed by atoms with E-state index < -0.39 is 5.97 Å². The summed E-state index contributed by atoms with van der Waals surface area (Å²) in [5.41, 5.74) is 1.49. The van der Waals surface area contributed by atoms with Gasteiger partial charge in [-0.3, -0.25) is 0 Å². The average Bonchev–Trinajstić information content (AvgIpc) is 2.80. The van der Waals surface area contributed by atoms with Gasteiger partial charge in [-0.2, -0.15) is 11.8 Å². The molecule has 1 aliphatic heterocycles. The van der Waals surface area contributed by atoms with Gasteiger partial charge in [0.15, 0.2) is 0 Å². The molecule has 1 saturated heterocycles. The maximum absolute atomic E-state index is 10.7. The number of nitrogens with one attached hydrogen (secondary N) is 1. The summed E-state index contributed by atoms with van der Waals surface area (Å²) in [6.45, 7) is 0.825. The first-order valence-electron chi connectivity index (χ1n) is 5.39. The van der Waals surface area contributed by atoms with Gasteiger partial charge < -0.3 is 10.4 Å². The van der Waals surface area contributed by atoms with Gasteiger partial charge in [-0.05, 0) is 29.9 Å². The largest absolute Gasteiger partial charge is 0.478 e. The van der Waals surface area contributed by atoms with Crippen LogP contribution in [-0.4, -0.2) is 28.6 Å². The van der Waals surface area contributed by atoms with Crippen LogP contribution in [0.5, 0.6) is 0 Å². The number of carboxylic acid groups (broad SMARTS) is 1. The van der Waals surface area contributed by atoms with E-state index in [1.54, 1.807) is 12.1 Å². The molecule has 1 aromatic rings. The van der Waals surface area contributed by atoms with Gasteiger partial charge in [0.1, 0.15) is 0 Å². The van der Waals surface area contributed by atoms with Crippen LogP contribution in [-0.2, 0) is 6.54 Å². The van der Waals surface area contributed by atoms with E-state index in [0.717, 1.165) is 12.1 Å². The lowest BCUT2D eigenvalue weighted by Crippen LogP contribution is -2.27. The number of thioether (sulfide) groups is 1. The number of benzene rings is 1. The van der Waals surface area contributed by atoms with E-state index in [4.69, 9.17) is 5.11 Å². The van der Waals surface area contributed by atoms with Gasteiger partial charge in [-0.1, -0.05) is 12.1 Å². The summed E-state index contributed by atoms with van der Waals surface area (Å²) in [6, 6.07) is 7.67. The van der Waals surface area contributed by atoms with Crippen LogP contribution in [0.3, 0.4) is 0 Å². The Labute approximate surface area is 99.2 Å². The zero-order chi connectivity index (χ0) is 11.4. The third kappa shape index (κ3) is 3.00. The number of aromatic carboxylic acids is 1. The fourth-order valence-electron chi connectivity index (χ4n) is 1.72. The van der Waals surface area contributed by atoms with E-state index in [1.807, 2.05) is 23.9 Å². The van der Waals surface area contributed by atoms with E-state index >= 15 is 0 Å². The second-order valence-electron chi connectivity index (χ2n) is 3.94. The Hall–Kier alpha value is -1.00. The van der Waals surface area contributed by atoms with E-state index in [1.165, 1.54) is 17.9 Å². The lowest BCUT2D eigenvalue weighted by Gasteiger charge is -2.10. The lowest BCUT2D eigenvalue weighted by atomic mass is 10.1. The second-order valence-corrected chi connectivity index (χ2v) is 5.09. The van der Waals surface area contributed by atoms with Crippen molar-refractivity contribution in [3.05, 3.63) is 35.4 Å². The number of hydrogen-bond acceptors (Lipinski definition) is 3. The van der Waals surface area contributed by atoms with Crippen molar-refractivity contribution in [2.75, 3.05) is 11.5 Å². The van der Waals surface area contributed by atoms with Crippen LogP contribution in [0, 0.1) is 0 Å². The van der Waals surface area contributed by atoms with E-state index in [9.17, 15) is 4.79 Å². The molecule has 1 aromatic carbocycles. The minimum absolute atomic E-state index is 0.347. The molecule has 0 radical (unpaired) electrons. The van der Waals surface area contributed by atoms with Crippen LogP contribution in [0.2, 0.25) is 0 Å². The number of hydrogen-bond donors (Lipinski definition) is 2. The highest BCUT2D eigenvalue weighted by molar-refractivity contribution is 7.99. The minimum atomic E-state index is -0.869. The molecule has 3 nitrogen and oxygen atoms in total. The first-order valence-corrected chi connectivity index (χ1v) is 6.54. The molecule has 2 rings (SSSR count). The van der Waals surface area contributed by atoms with E-state index in [-0.39, 0.29) is 0 Å². The molecule has 0 spiro atoms. The van der Waals surface area contributed by atoms with Crippen molar-refractivity contribution in [1.82, 2.24) is 5.32 Å². The molecular weight excluding hydrogens is 222 g/mol. The van der Waals surface area contributed by atoms with Gasteiger partial charge in [-0.15, -0.1) is 0 Å². The Morgan fingerprint density at radius 1 is 1.44 bits per heavy atom. The summed E-state index contributed by atoms with van der Waals surface area (Å²) in [5, 5.41) is 12.2. The van der Waals surface area contributed by atoms with Gasteiger partial charge >= 0.3 is 5.97 Å². The minimum Gasteiger partial charge on any atom is -0.478 e. The van der Waals surface area contributed by atoms with Crippen molar-refractivity contribution in [3.8, 4) is 0 Å². The summed E-state index contributed by atoms with van der Waals surface area (Å²) in [7, 11) is 0. The molecule has 4 heteroatoms. The summed E-state index contributed by atoms with van der Waals surface area (Å²) in [4.78, 5) is 10.7. The van der Waals surface area contributed by atoms with E-state index in [0.29, 0.717) is 11.6 Å². The number of carbonyl (C=O) groups is 1. The van der Waals surface area contributed by atoms with Crippen LogP contribution in [0.15, 0.2) is 24.3 Å². The Kier molecular flexibility index (Phi) is 3.85. The Morgan fingerprint density at radius 2 is 2.19 bits per heavy atom. The zero-order valence-electron chi connectivity index (χ0n) is 8.98. The van der Waals surface area contributed by atoms with Gasteiger partial charge in [0, 0.05) is 18.3 Å². The number of rotatable bonds is 4. The third-order valence-corrected chi connectivity index (χ3v) is 3.89. The fraction of sp³-hybridized carbons (Fsp3) is 0.417. The molecule has 86 valence electrons. The summed E-state index contributed by atoms with van der Waals surface area (Å²) >= 11 is 1.98. The maximum atomic E-state index is 10.7. The molecule has 0 aliphatic carbocycles. The topological polar surface area (TPSA) is 49.3 Å². The Balaban J connectivity index is 1.87. The van der Waals surface area contributed by atoms with Crippen LogP contribution >= 0.6 is 11.8 Å². The summed E-state index contributed by atoms with van der Waals surface area (Å²) in [6.07, 6.45) is 1.23. The smallest absolute Gasteiger partial charge is 0.335 e. The Morgan fingerprint density at radius 3 is 2.75 bits per heavy atom.